The maximum absolute atomic E-state index is 11.9. The van der Waals surface area contributed by atoms with Gasteiger partial charge in [0.2, 0.25) is 5.91 Å². The van der Waals surface area contributed by atoms with Gasteiger partial charge in [-0.05, 0) is 18.6 Å². The van der Waals surface area contributed by atoms with Gasteiger partial charge in [-0.15, -0.1) is 0 Å². The molecule has 0 saturated carbocycles. The van der Waals surface area contributed by atoms with E-state index in [0.29, 0.717) is 12.1 Å². The number of rotatable bonds is 12. The summed E-state index contributed by atoms with van der Waals surface area (Å²) in [6, 6.07) is 6.50. The number of anilines is 1. The van der Waals surface area contributed by atoms with E-state index in [9.17, 15) is 14.4 Å². The molecule has 0 saturated heterocycles. The minimum absolute atomic E-state index is 0.0717. The summed E-state index contributed by atoms with van der Waals surface area (Å²) in [6.45, 7) is 2.19. The van der Waals surface area contributed by atoms with Crippen molar-refractivity contribution in [3.63, 3.8) is 0 Å². The Labute approximate surface area is 144 Å². The van der Waals surface area contributed by atoms with Gasteiger partial charge in [0.05, 0.1) is 17.7 Å². The fraction of sp³-hybridized carbons (Fsp3) is 0.526. The Bertz CT molecular complexity index is 555. The molecule has 24 heavy (non-hydrogen) atoms. The molecule has 0 bridgehead atoms. The van der Waals surface area contributed by atoms with Gasteiger partial charge < -0.3 is 11.1 Å². The first-order valence-electron chi connectivity index (χ1n) is 8.75. The molecular weight excluding hydrogens is 304 g/mol. The number of hydrogen-bond acceptors (Lipinski definition) is 3. The smallest absolute Gasteiger partial charge is 0.250 e. The predicted molar refractivity (Wildman–Crippen MR) is 95.8 cm³/mol. The third-order valence-electron chi connectivity index (χ3n) is 3.88. The Morgan fingerprint density at radius 1 is 0.958 bits per heavy atom. The number of nitrogens with two attached hydrogens (primary N) is 1. The molecule has 0 heterocycles. The van der Waals surface area contributed by atoms with E-state index in [1.807, 2.05) is 0 Å². The number of unbranched alkanes of at least 4 members (excludes halogenated alkanes) is 6. The molecule has 0 aromatic heterocycles. The van der Waals surface area contributed by atoms with Crippen LogP contribution < -0.4 is 11.1 Å². The highest BCUT2D eigenvalue weighted by Gasteiger charge is 2.13. The van der Waals surface area contributed by atoms with Gasteiger partial charge in [0.15, 0.2) is 0 Å². The summed E-state index contributed by atoms with van der Waals surface area (Å²) in [5, 5.41) is 2.59. The zero-order valence-corrected chi connectivity index (χ0v) is 14.5. The average molecular weight is 332 g/mol. The number of primary amides is 1. The van der Waals surface area contributed by atoms with Crippen molar-refractivity contribution < 1.29 is 14.4 Å². The minimum Gasteiger partial charge on any atom is -0.366 e. The summed E-state index contributed by atoms with van der Waals surface area (Å²) in [5.41, 5.74) is 5.85. The van der Waals surface area contributed by atoms with Crippen molar-refractivity contribution in [2.24, 2.45) is 5.73 Å². The summed E-state index contributed by atoms with van der Waals surface area (Å²) < 4.78 is 0. The van der Waals surface area contributed by atoms with Gasteiger partial charge in [-0.2, -0.15) is 0 Å². The molecule has 3 N–H and O–H groups in total. The van der Waals surface area contributed by atoms with Crippen molar-refractivity contribution in [3.8, 4) is 0 Å². The van der Waals surface area contributed by atoms with Gasteiger partial charge in [-0.1, -0.05) is 57.6 Å². The largest absolute Gasteiger partial charge is 0.366 e. The Morgan fingerprint density at radius 3 is 2.25 bits per heavy atom. The number of nitrogens with one attached hydrogen (secondary N) is 1. The third kappa shape index (κ3) is 7.90. The molecule has 5 nitrogen and oxygen atoms in total. The molecule has 0 aliphatic carbocycles. The van der Waals surface area contributed by atoms with Crippen molar-refractivity contribution in [1.29, 1.82) is 0 Å². The molecule has 0 atom stereocenters. The van der Waals surface area contributed by atoms with Crippen LogP contribution in [0.15, 0.2) is 24.3 Å². The van der Waals surface area contributed by atoms with Crippen LogP contribution in [0.5, 0.6) is 0 Å². The summed E-state index contributed by atoms with van der Waals surface area (Å²) in [7, 11) is 0. The lowest BCUT2D eigenvalue weighted by molar-refractivity contribution is -0.125. The van der Waals surface area contributed by atoms with Crippen LogP contribution in [0, 0.1) is 0 Å². The van der Waals surface area contributed by atoms with E-state index >= 15 is 0 Å². The molecule has 0 aliphatic heterocycles. The van der Waals surface area contributed by atoms with Crippen LogP contribution in [0.2, 0.25) is 0 Å². The highest BCUT2D eigenvalue weighted by Crippen LogP contribution is 2.15. The SMILES string of the molecule is CCCCCCCCCC(=O)CC(=O)Nc1ccccc1C(N)=O. The molecule has 0 aliphatic rings. The zero-order valence-electron chi connectivity index (χ0n) is 14.5. The van der Waals surface area contributed by atoms with Crippen LogP contribution in [0.25, 0.3) is 0 Å². The standard InChI is InChI=1S/C19H28N2O3/c1-2-3-4-5-6-7-8-11-15(22)14-18(23)21-17-13-10-9-12-16(17)19(20)24/h9-10,12-13H,2-8,11,14H2,1H3,(H2,20,24)(H,21,23). The molecule has 132 valence electrons. The van der Waals surface area contributed by atoms with Crippen molar-refractivity contribution in [3.05, 3.63) is 29.8 Å². The average Bonchev–Trinajstić information content (AvgIpc) is 2.54. The fourth-order valence-electron chi connectivity index (χ4n) is 2.55. The summed E-state index contributed by atoms with van der Waals surface area (Å²) in [6.07, 6.45) is 8.24. The molecule has 0 fully saturated rings. The first-order valence-corrected chi connectivity index (χ1v) is 8.75. The quantitative estimate of drug-likeness (QED) is 0.450. The van der Waals surface area contributed by atoms with Crippen LogP contribution in [0.1, 0.15) is 75.1 Å². The van der Waals surface area contributed by atoms with Crippen molar-refractivity contribution in [2.45, 2.75) is 64.7 Å². The van der Waals surface area contributed by atoms with Crippen LogP contribution in [0.4, 0.5) is 5.69 Å². The summed E-state index contributed by atoms with van der Waals surface area (Å²) >= 11 is 0. The second kappa shape index (κ2) is 11.4. The lowest BCUT2D eigenvalue weighted by Crippen LogP contribution is -2.20. The first kappa shape index (κ1) is 19.9. The lowest BCUT2D eigenvalue weighted by atomic mass is 10.1. The van der Waals surface area contributed by atoms with Crippen molar-refractivity contribution in [2.75, 3.05) is 5.32 Å². The van der Waals surface area contributed by atoms with Crippen LogP contribution in [-0.2, 0) is 9.59 Å². The number of benzene rings is 1. The monoisotopic (exact) mass is 332 g/mol. The lowest BCUT2D eigenvalue weighted by Gasteiger charge is -2.08. The highest BCUT2D eigenvalue weighted by molar-refractivity contribution is 6.07. The van der Waals surface area contributed by atoms with Crippen molar-refractivity contribution >= 4 is 23.3 Å². The van der Waals surface area contributed by atoms with Gasteiger partial charge in [-0.25, -0.2) is 0 Å². The number of amides is 2. The maximum Gasteiger partial charge on any atom is 0.250 e. The van der Waals surface area contributed by atoms with Gasteiger partial charge in [0.1, 0.15) is 5.78 Å². The first-order chi connectivity index (χ1) is 11.5. The van der Waals surface area contributed by atoms with E-state index in [1.54, 1.807) is 18.2 Å². The summed E-state index contributed by atoms with van der Waals surface area (Å²) in [4.78, 5) is 35.1. The Hall–Kier alpha value is -2.17. The van der Waals surface area contributed by atoms with E-state index in [-0.39, 0.29) is 17.8 Å². The van der Waals surface area contributed by atoms with Gasteiger partial charge >= 0.3 is 0 Å². The molecule has 1 rings (SSSR count). The van der Waals surface area contributed by atoms with Gasteiger partial charge in [0, 0.05) is 6.42 Å². The molecule has 1 aromatic carbocycles. The Kier molecular flexibility index (Phi) is 9.42. The molecule has 5 heteroatoms. The van der Waals surface area contributed by atoms with Crippen LogP contribution in [-0.4, -0.2) is 17.6 Å². The third-order valence-corrected chi connectivity index (χ3v) is 3.88. The topological polar surface area (TPSA) is 89.3 Å². The predicted octanol–water partition coefficient (Wildman–Crippen LogP) is 3.82. The number of Topliss-reactive ketones (excluding diaryl/α,β-unsaturated/α-hetero) is 1. The molecule has 0 spiro atoms. The minimum atomic E-state index is -0.611. The van der Waals surface area contributed by atoms with E-state index in [2.05, 4.69) is 12.2 Å². The Balaban J connectivity index is 2.28. The van der Waals surface area contributed by atoms with Crippen LogP contribution in [0.3, 0.4) is 0 Å². The number of para-hydroxylation sites is 1. The molecule has 2 amide bonds. The van der Waals surface area contributed by atoms with E-state index < -0.39 is 11.8 Å². The summed E-state index contributed by atoms with van der Waals surface area (Å²) in [5.74, 6) is -1.09. The molecule has 0 unspecified atom stereocenters. The Morgan fingerprint density at radius 2 is 1.58 bits per heavy atom. The van der Waals surface area contributed by atoms with E-state index in [0.717, 1.165) is 19.3 Å². The van der Waals surface area contributed by atoms with Gasteiger partial charge in [0.25, 0.3) is 5.91 Å². The molecule has 1 aromatic rings. The number of carbonyl (C=O) groups is 3. The molecule has 0 radical (unpaired) electrons. The normalized spacial score (nSPS) is 10.4. The van der Waals surface area contributed by atoms with E-state index in [4.69, 9.17) is 5.73 Å². The van der Waals surface area contributed by atoms with E-state index in [1.165, 1.54) is 31.7 Å². The second-order valence-electron chi connectivity index (χ2n) is 6.04. The zero-order chi connectivity index (χ0) is 17.8. The molecular formula is C19H28N2O3. The number of hydrogen-bond donors (Lipinski definition) is 2. The van der Waals surface area contributed by atoms with Gasteiger partial charge in [-0.3, -0.25) is 14.4 Å². The van der Waals surface area contributed by atoms with Crippen molar-refractivity contribution in [1.82, 2.24) is 0 Å². The number of carbonyl (C=O) groups excluding carboxylic acids is 3. The number of ketones is 1. The maximum atomic E-state index is 11.9. The second-order valence-corrected chi connectivity index (χ2v) is 6.04. The fourth-order valence-corrected chi connectivity index (χ4v) is 2.55. The van der Waals surface area contributed by atoms with Crippen LogP contribution >= 0.6 is 0 Å². The highest BCUT2D eigenvalue weighted by atomic mass is 16.2.